The molecule has 270 valence electrons. The lowest BCUT2D eigenvalue weighted by Gasteiger charge is -2.41. The number of carbonyl (C=O) groups is 3. The Hall–Kier alpha value is -2.61. The van der Waals surface area contributed by atoms with Crippen LogP contribution in [-0.4, -0.2) is 50.5 Å². The van der Waals surface area contributed by atoms with Crippen LogP contribution in [0, 0.1) is 0 Å². The van der Waals surface area contributed by atoms with Gasteiger partial charge in [-0.2, -0.15) is 0 Å². The van der Waals surface area contributed by atoms with E-state index in [9.17, 15) is 29.7 Å². The Morgan fingerprint density at radius 3 is 1.53 bits per heavy atom. The molecule has 1 aromatic carbocycles. The van der Waals surface area contributed by atoms with Crippen molar-refractivity contribution in [1.82, 2.24) is 0 Å². The molecule has 0 heterocycles. The first-order valence-electron chi connectivity index (χ1n) is 18.7. The first-order valence-corrected chi connectivity index (χ1v) is 18.7. The number of rotatable bonds is 31. The summed E-state index contributed by atoms with van der Waals surface area (Å²) in [5.41, 5.74) is -3.81. The van der Waals surface area contributed by atoms with Gasteiger partial charge >= 0.3 is 17.9 Å². The minimum Gasteiger partial charge on any atom is -0.486 e. The first-order chi connectivity index (χ1) is 22.6. The topological polar surface area (TPSA) is 130 Å². The number of benzene rings is 1. The summed E-state index contributed by atoms with van der Waals surface area (Å²) in [6.07, 6.45) is 19.8. The highest BCUT2D eigenvalue weighted by molar-refractivity contribution is 5.88. The second kappa shape index (κ2) is 25.4. The molecule has 0 saturated heterocycles. The van der Waals surface area contributed by atoms with Crippen LogP contribution < -0.4 is 4.74 Å². The van der Waals surface area contributed by atoms with Gasteiger partial charge in [-0.1, -0.05) is 142 Å². The van der Waals surface area contributed by atoms with Gasteiger partial charge in [-0.05, 0) is 50.7 Å². The van der Waals surface area contributed by atoms with Gasteiger partial charge < -0.3 is 24.8 Å². The van der Waals surface area contributed by atoms with Gasteiger partial charge in [0, 0.05) is 0 Å². The number of para-hydroxylation sites is 1. The molecule has 0 bridgehead atoms. The normalized spacial score (nSPS) is 13.5. The SMILES string of the molecule is CCCCCCCCCC(Oc1ccccc1)C(CCCCCCCC)(CCCCCCCC)OC(=O)CC(O)(CC(=O)O)C(=O)O. The summed E-state index contributed by atoms with van der Waals surface area (Å²) >= 11 is 0. The molecule has 0 spiro atoms. The van der Waals surface area contributed by atoms with E-state index in [4.69, 9.17) is 9.47 Å². The van der Waals surface area contributed by atoms with Crippen molar-refractivity contribution in [3.63, 3.8) is 0 Å². The molecule has 3 N–H and O–H groups in total. The van der Waals surface area contributed by atoms with Gasteiger partial charge in [0.1, 0.15) is 17.5 Å². The summed E-state index contributed by atoms with van der Waals surface area (Å²) in [7, 11) is 0. The minimum atomic E-state index is -2.76. The van der Waals surface area contributed by atoms with E-state index in [2.05, 4.69) is 20.8 Å². The Balaban J connectivity index is 3.43. The highest BCUT2D eigenvalue weighted by Gasteiger charge is 2.47. The van der Waals surface area contributed by atoms with Crippen LogP contribution in [0.1, 0.15) is 175 Å². The Kier molecular flexibility index (Phi) is 22.9. The lowest BCUT2D eigenvalue weighted by molar-refractivity contribution is -0.187. The number of aliphatic hydroxyl groups is 1. The van der Waals surface area contributed by atoms with Crippen molar-refractivity contribution >= 4 is 17.9 Å². The fourth-order valence-corrected chi connectivity index (χ4v) is 6.37. The molecule has 8 nitrogen and oxygen atoms in total. The summed E-state index contributed by atoms with van der Waals surface area (Å²) in [6.45, 7) is 6.57. The molecule has 0 aliphatic carbocycles. The quantitative estimate of drug-likeness (QED) is 0.0529. The second-order valence-corrected chi connectivity index (χ2v) is 13.5. The van der Waals surface area contributed by atoms with E-state index in [1.54, 1.807) is 0 Å². The number of hydrogen-bond acceptors (Lipinski definition) is 6. The van der Waals surface area contributed by atoms with Crippen LogP contribution >= 0.6 is 0 Å². The predicted octanol–water partition coefficient (Wildman–Crippen LogP) is 10.0. The Morgan fingerprint density at radius 2 is 1.09 bits per heavy atom. The molecule has 8 heteroatoms. The van der Waals surface area contributed by atoms with E-state index in [-0.39, 0.29) is 0 Å². The van der Waals surface area contributed by atoms with Gasteiger partial charge in [0.25, 0.3) is 0 Å². The number of aliphatic carboxylic acids is 2. The number of carbonyl (C=O) groups excluding carboxylic acids is 1. The number of unbranched alkanes of at least 4 members (excludes halogenated alkanes) is 16. The van der Waals surface area contributed by atoms with E-state index in [1.165, 1.54) is 38.5 Å². The summed E-state index contributed by atoms with van der Waals surface area (Å²) in [5, 5.41) is 29.7. The molecule has 0 aliphatic rings. The zero-order valence-corrected chi connectivity index (χ0v) is 29.8. The molecule has 0 aliphatic heterocycles. The zero-order valence-electron chi connectivity index (χ0n) is 29.8. The molecule has 2 atom stereocenters. The summed E-state index contributed by atoms with van der Waals surface area (Å²) in [4.78, 5) is 37.0. The van der Waals surface area contributed by atoms with Crippen molar-refractivity contribution in [3.05, 3.63) is 30.3 Å². The van der Waals surface area contributed by atoms with Crippen molar-refractivity contribution in [2.45, 2.75) is 192 Å². The number of esters is 1. The molecule has 0 aromatic heterocycles. The third-order valence-electron chi connectivity index (χ3n) is 9.18. The van der Waals surface area contributed by atoms with Crippen molar-refractivity contribution in [2.24, 2.45) is 0 Å². The molecule has 2 unspecified atom stereocenters. The highest BCUT2D eigenvalue weighted by Crippen LogP contribution is 2.37. The highest BCUT2D eigenvalue weighted by atomic mass is 16.6. The van der Waals surface area contributed by atoms with Crippen LogP contribution in [0.3, 0.4) is 0 Å². The van der Waals surface area contributed by atoms with Crippen LogP contribution in [-0.2, 0) is 19.1 Å². The average Bonchev–Trinajstić information content (AvgIpc) is 3.03. The number of ether oxygens (including phenoxy) is 2. The third kappa shape index (κ3) is 18.5. The van der Waals surface area contributed by atoms with Crippen LogP contribution in [0.4, 0.5) is 0 Å². The van der Waals surface area contributed by atoms with E-state index >= 15 is 0 Å². The lowest BCUT2D eigenvalue weighted by Crippen LogP contribution is -2.51. The molecular formula is C39H66O8. The van der Waals surface area contributed by atoms with Gasteiger partial charge in [0.2, 0.25) is 0 Å². The lowest BCUT2D eigenvalue weighted by atomic mass is 9.81. The van der Waals surface area contributed by atoms with Gasteiger partial charge in [-0.15, -0.1) is 0 Å². The van der Waals surface area contributed by atoms with Gasteiger partial charge in [-0.3, -0.25) is 9.59 Å². The number of carboxylic acid groups (broad SMARTS) is 2. The molecule has 0 saturated carbocycles. The first kappa shape index (κ1) is 42.4. The third-order valence-corrected chi connectivity index (χ3v) is 9.18. The molecule has 1 rings (SSSR count). The maximum atomic E-state index is 13.6. The van der Waals surface area contributed by atoms with Gasteiger partial charge in [0.15, 0.2) is 5.60 Å². The van der Waals surface area contributed by atoms with E-state index in [0.29, 0.717) is 25.0 Å². The van der Waals surface area contributed by atoms with Gasteiger partial charge in [0.05, 0.1) is 12.8 Å². The monoisotopic (exact) mass is 662 g/mol. The Labute approximate surface area is 285 Å². The predicted molar refractivity (Wildman–Crippen MR) is 188 cm³/mol. The van der Waals surface area contributed by atoms with Crippen LogP contribution in [0.25, 0.3) is 0 Å². The van der Waals surface area contributed by atoms with Crippen molar-refractivity contribution in [1.29, 1.82) is 0 Å². The molecule has 1 aromatic rings. The molecule has 0 amide bonds. The fraction of sp³-hybridized carbons (Fsp3) is 0.769. The standard InChI is InChI=1S/C39H66O8/c1-4-7-10-13-16-17-23-28-34(46-33-26-21-20-22-27-33)39(29-24-18-14-11-8-5-2,30-25-19-15-12-9-6-3)47-36(42)32-38(45,37(43)44)31-35(40)41/h20-22,26-27,34,45H,4-19,23-25,28-32H2,1-3H3,(H,40,41)(H,43,44). The summed E-state index contributed by atoms with van der Waals surface area (Å²) in [5.74, 6) is -3.49. The summed E-state index contributed by atoms with van der Waals surface area (Å²) in [6, 6.07) is 9.54. The molecule has 0 radical (unpaired) electrons. The van der Waals surface area contributed by atoms with E-state index in [0.717, 1.165) is 83.5 Å². The van der Waals surface area contributed by atoms with E-state index < -0.39 is 48.1 Å². The summed E-state index contributed by atoms with van der Waals surface area (Å²) < 4.78 is 13.1. The van der Waals surface area contributed by atoms with Crippen LogP contribution in [0.15, 0.2) is 30.3 Å². The van der Waals surface area contributed by atoms with E-state index in [1.807, 2.05) is 30.3 Å². The second-order valence-electron chi connectivity index (χ2n) is 13.5. The maximum absolute atomic E-state index is 13.6. The zero-order chi connectivity index (χ0) is 34.8. The Bertz CT molecular complexity index is 949. The van der Waals surface area contributed by atoms with Crippen LogP contribution in [0.5, 0.6) is 5.75 Å². The Morgan fingerprint density at radius 1 is 0.638 bits per heavy atom. The van der Waals surface area contributed by atoms with Crippen molar-refractivity contribution in [2.75, 3.05) is 0 Å². The minimum absolute atomic E-state index is 0.479. The fourth-order valence-electron chi connectivity index (χ4n) is 6.37. The smallest absolute Gasteiger partial charge is 0.336 e. The molecular weight excluding hydrogens is 596 g/mol. The molecule has 47 heavy (non-hydrogen) atoms. The van der Waals surface area contributed by atoms with Crippen molar-refractivity contribution < 1.29 is 39.2 Å². The largest absolute Gasteiger partial charge is 0.486 e. The average molecular weight is 663 g/mol. The molecule has 0 fully saturated rings. The number of hydrogen-bond donors (Lipinski definition) is 3. The van der Waals surface area contributed by atoms with Crippen LogP contribution in [0.2, 0.25) is 0 Å². The maximum Gasteiger partial charge on any atom is 0.336 e. The van der Waals surface area contributed by atoms with Gasteiger partial charge in [-0.25, -0.2) is 4.79 Å². The van der Waals surface area contributed by atoms with Crippen molar-refractivity contribution in [3.8, 4) is 5.75 Å². The number of carboxylic acids is 2.